The van der Waals surface area contributed by atoms with Crippen LogP contribution in [0.2, 0.25) is 5.02 Å². The molecular formula is C12H13ClFN3O. The van der Waals surface area contributed by atoms with Crippen LogP contribution in [0.4, 0.5) is 4.39 Å². The van der Waals surface area contributed by atoms with Crippen LogP contribution >= 0.6 is 11.6 Å². The Bertz CT molecular complexity index is 643. The lowest BCUT2D eigenvalue weighted by molar-refractivity contribution is 0.368. The van der Waals surface area contributed by atoms with Crippen LogP contribution in [0.3, 0.4) is 0 Å². The number of nitrogens with zero attached hydrogens (tertiary/aromatic N) is 1. The summed E-state index contributed by atoms with van der Waals surface area (Å²) in [6.45, 7) is 1.74. The summed E-state index contributed by atoms with van der Waals surface area (Å²) in [6.07, 6.45) is 1.72. The maximum Gasteiger partial charge on any atom is 0.326 e. The van der Waals surface area contributed by atoms with Crippen molar-refractivity contribution in [3.8, 4) is 0 Å². The van der Waals surface area contributed by atoms with E-state index in [1.807, 2.05) is 0 Å². The van der Waals surface area contributed by atoms with Crippen molar-refractivity contribution in [3.63, 3.8) is 0 Å². The number of halogens is 2. The van der Waals surface area contributed by atoms with Gasteiger partial charge in [0.2, 0.25) is 0 Å². The quantitative estimate of drug-likeness (QED) is 0.832. The van der Waals surface area contributed by atoms with Crippen molar-refractivity contribution in [2.75, 3.05) is 13.1 Å². The molecule has 2 aromatic rings. The molecule has 6 heteroatoms. The highest BCUT2D eigenvalue weighted by atomic mass is 35.5. The molecule has 18 heavy (non-hydrogen) atoms. The highest BCUT2D eigenvalue weighted by Gasteiger charge is 2.21. The molecule has 1 aromatic carbocycles. The van der Waals surface area contributed by atoms with Gasteiger partial charge in [-0.05, 0) is 38.1 Å². The Morgan fingerprint density at radius 3 is 2.78 bits per heavy atom. The Morgan fingerprint density at radius 2 is 2.06 bits per heavy atom. The molecule has 3 rings (SSSR count). The minimum absolute atomic E-state index is 0.102. The third-order valence-corrected chi connectivity index (χ3v) is 3.64. The zero-order chi connectivity index (χ0) is 12.7. The maximum atomic E-state index is 13.7. The molecule has 2 heterocycles. The number of hydrogen-bond donors (Lipinski definition) is 2. The number of hydrogen-bond acceptors (Lipinski definition) is 2. The summed E-state index contributed by atoms with van der Waals surface area (Å²) < 4.78 is 15.4. The number of benzene rings is 1. The molecule has 1 saturated heterocycles. The van der Waals surface area contributed by atoms with Gasteiger partial charge >= 0.3 is 5.69 Å². The normalized spacial score (nSPS) is 17.4. The van der Waals surface area contributed by atoms with Crippen molar-refractivity contribution in [3.05, 3.63) is 33.5 Å². The Hall–Kier alpha value is -1.33. The smallest absolute Gasteiger partial charge is 0.317 e. The fraction of sp³-hybridized carbons (Fsp3) is 0.417. The van der Waals surface area contributed by atoms with E-state index in [0.717, 1.165) is 25.9 Å². The van der Waals surface area contributed by atoms with E-state index in [-0.39, 0.29) is 17.2 Å². The lowest BCUT2D eigenvalue weighted by Crippen LogP contribution is -2.33. The molecule has 1 aromatic heterocycles. The zero-order valence-electron chi connectivity index (χ0n) is 9.67. The minimum atomic E-state index is -0.484. The average Bonchev–Trinajstić information content (AvgIpc) is 2.67. The van der Waals surface area contributed by atoms with Crippen LogP contribution in [0.15, 0.2) is 16.9 Å². The summed E-state index contributed by atoms with van der Waals surface area (Å²) >= 11 is 5.86. The second kappa shape index (κ2) is 4.40. The topological polar surface area (TPSA) is 49.8 Å². The molecular weight excluding hydrogens is 257 g/mol. The van der Waals surface area contributed by atoms with Gasteiger partial charge in [0.15, 0.2) is 0 Å². The highest BCUT2D eigenvalue weighted by Crippen LogP contribution is 2.25. The second-order valence-corrected chi connectivity index (χ2v) is 5.00. The molecule has 0 spiro atoms. The number of rotatable bonds is 1. The fourth-order valence-corrected chi connectivity index (χ4v) is 2.78. The summed E-state index contributed by atoms with van der Waals surface area (Å²) in [7, 11) is 0. The van der Waals surface area contributed by atoms with Gasteiger partial charge in [0, 0.05) is 11.1 Å². The van der Waals surface area contributed by atoms with Crippen LogP contribution in [0.1, 0.15) is 18.9 Å². The van der Waals surface area contributed by atoms with Gasteiger partial charge in [-0.1, -0.05) is 11.6 Å². The van der Waals surface area contributed by atoms with E-state index in [4.69, 9.17) is 11.6 Å². The average molecular weight is 270 g/mol. The van der Waals surface area contributed by atoms with Crippen molar-refractivity contribution in [2.24, 2.45) is 0 Å². The van der Waals surface area contributed by atoms with Gasteiger partial charge in [0.1, 0.15) is 11.3 Å². The van der Waals surface area contributed by atoms with Crippen molar-refractivity contribution < 1.29 is 4.39 Å². The number of piperidine rings is 1. The van der Waals surface area contributed by atoms with Crippen LogP contribution < -0.4 is 11.0 Å². The predicted molar refractivity (Wildman–Crippen MR) is 68.7 cm³/mol. The molecule has 2 N–H and O–H groups in total. The summed E-state index contributed by atoms with van der Waals surface area (Å²) in [6, 6.07) is 2.96. The van der Waals surface area contributed by atoms with Crippen LogP contribution in [-0.4, -0.2) is 22.6 Å². The molecule has 0 amide bonds. The van der Waals surface area contributed by atoms with Gasteiger partial charge in [-0.25, -0.2) is 9.18 Å². The first kappa shape index (κ1) is 11.7. The number of H-pyrrole nitrogens is 1. The summed E-state index contributed by atoms with van der Waals surface area (Å²) in [5.41, 5.74) is 0.526. The highest BCUT2D eigenvalue weighted by molar-refractivity contribution is 6.31. The largest absolute Gasteiger partial charge is 0.326 e. The van der Waals surface area contributed by atoms with Crippen LogP contribution in [0.5, 0.6) is 0 Å². The molecule has 0 aliphatic carbocycles. The molecule has 0 unspecified atom stereocenters. The van der Waals surface area contributed by atoms with Crippen molar-refractivity contribution in [1.29, 1.82) is 0 Å². The van der Waals surface area contributed by atoms with Crippen molar-refractivity contribution in [2.45, 2.75) is 18.9 Å². The van der Waals surface area contributed by atoms with E-state index in [2.05, 4.69) is 10.3 Å². The molecule has 0 radical (unpaired) electrons. The maximum absolute atomic E-state index is 13.7. The van der Waals surface area contributed by atoms with Crippen LogP contribution in [-0.2, 0) is 0 Å². The van der Waals surface area contributed by atoms with Crippen LogP contribution in [0, 0.1) is 5.82 Å². The standard InChI is InChI=1S/C12H13ClFN3O/c13-7-5-9(14)11-10(6-7)17(12(18)16-11)8-1-3-15-4-2-8/h5-6,8,15H,1-4H2,(H,16,18). The molecule has 1 fully saturated rings. The van der Waals surface area contributed by atoms with Gasteiger partial charge in [-0.2, -0.15) is 0 Å². The number of aromatic amines is 1. The third kappa shape index (κ3) is 1.83. The first-order valence-corrected chi connectivity index (χ1v) is 6.34. The number of aromatic nitrogens is 2. The number of fused-ring (bicyclic) bond motifs is 1. The lowest BCUT2D eigenvalue weighted by atomic mass is 10.1. The molecule has 96 valence electrons. The first-order valence-electron chi connectivity index (χ1n) is 5.97. The van der Waals surface area contributed by atoms with E-state index < -0.39 is 5.82 Å². The van der Waals surface area contributed by atoms with Gasteiger partial charge < -0.3 is 10.3 Å². The van der Waals surface area contributed by atoms with Crippen LogP contribution in [0.25, 0.3) is 11.0 Å². The summed E-state index contributed by atoms with van der Waals surface area (Å²) in [5.74, 6) is -0.484. The SMILES string of the molecule is O=c1[nH]c2c(F)cc(Cl)cc2n1C1CCNCC1. The molecule has 0 bridgehead atoms. The molecule has 1 aliphatic rings. The van der Waals surface area contributed by atoms with Gasteiger partial charge in [0.25, 0.3) is 0 Å². The van der Waals surface area contributed by atoms with E-state index in [1.54, 1.807) is 10.6 Å². The number of nitrogens with one attached hydrogen (secondary N) is 2. The molecule has 0 saturated carbocycles. The van der Waals surface area contributed by atoms with E-state index in [1.165, 1.54) is 6.07 Å². The summed E-state index contributed by atoms with van der Waals surface area (Å²) in [4.78, 5) is 14.6. The van der Waals surface area contributed by atoms with Crippen molar-refractivity contribution >= 4 is 22.6 Å². The Balaban J connectivity index is 2.21. The number of imidazole rings is 1. The van der Waals surface area contributed by atoms with E-state index in [0.29, 0.717) is 10.5 Å². The lowest BCUT2D eigenvalue weighted by Gasteiger charge is -2.23. The monoisotopic (exact) mass is 269 g/mol. The van der Waals surface area contributed by atoms with Crippen molar-refractivity contribution in [1.82, 2.24) is 14.9 Å². The first-order chi connectivity index (χ1) is 8.66. The van der Waals surface area contributed by atoms with E-state index in [9.17, 15) is 9.18 Å². The van der Waals surface area contributed by atoms with Gasteiger partial charge in [0.05, 0.1) is 5.52 Å². The third-order valence-electron chi connectivity index (χ3n) is 3.42. The predicted octanol–water partition coefficient (Wildman–Crippen LogP) is 2.05. The molecule has 4 nitrogen and oxygen atoms in total. The minimum Gasteiger partial charge on any atom is -0.317 e. The second-order valence-electron chi connectivity index (χ2n) is 4.56. The summed E-state index contributed by atoms with van der Waals surface area (Å²) in [5, 5.41) is 3.55. The Labute approximate surface area is 108 Å². The van der Waals surface area contributed by atoms with E-state index >= 15 is 0 Å². The Morgan fingerprint density at radius 1 is 1.33 bits per heavy atom. The molecule has 0 atom stereocenters. The van der Waals surface area contributed by atoms with Gasteiger partial charge in [-0.3, -0.25) is 4.57 Å². The zero-order valence-corrected chi connectivity index (χ0v) is 10.4. The Kier molecular flexibility index (Phi) is 2.87. The fourth-order valence-electron chi connectivity index (χ4n) is 2.58. The van der Waals surface area contributed by atoms with Gasteiger partial charge in [-0.15, -0.1) is 0 Å². The molecule has 1 aliphatic heterocycles.